The van der Waals surface area contributed by atoms with Crippen LogP contribution >= 0.6 is 0 Å². The lowest BCUT2D eigenvalue weighted by molar-refractivity contribution is -0.142. The summed E-state index contributed by atoms with van der Waals surface area (Å²) >= 11 is 0. The predicted octanol–water partition coefficient (Wildman–Crippen LogP) is 3.82. The van der Waals surface area contributed by atoms with Gasteiger partial charge in [0.1, 0.15) is 12.3 Å². The number of primary amides is 1. The molecule has 9 nitrogen and oxygen atoms in total. The minimum absolute atomic E-state index is 0.0842. The summed E-state index contributed by atoms with van der Waals surface area (Å²) in [5.74, 6) is -0.242. The lowest BCUT2D eigenvalue weighted by Gasteiger charge is -2.30. The zero-order valence-corrected chi connectivity index (χ0v) is 21.4. The third kappa shape index (κ3) is 7.46. The van der Waals surface area contributed by atoms with Gasteiger partial charge >= 0.3 is 12.2 Å². The number of hydrogen-bond acceptors (Lipinski definition) is 6. The molecule has 3 amide bonds. The number of fused-ring (bicyclic) bond motifs is 1. The number of carbonyl (C=O) groups excluding carboxylic acids is 3. The number of allylic oxidation sites excluding steroid dienone is 1. The third-order valence-corrected chi connectivity index (χ3v) is 6.82. The van der Waals surface area contributed by atoms with E-state index < -0.39 is 24.5 Å². The highest BCUT2D eigenvalue weighted by Gasteiger charge is 2.38. The molecule has 1 fully saturated rings. The number of likely N-dealkylation sites (tertiary alicyclic amines) is 1. The normalized spacial score (nSPS) is 20.3. The Bertz CT molecular complexity index is 949. The molecular weight excluding hydrogens is 462 g/mol. The molecule has 3 rings (SSSR count). The highest BCUT2D eigenvalue weighted by atomic mass is 16.6. The Balaban J connectivity index is 1.54. The molecule has 0 spiro atoms. The van der Waals surface area contributed by atoms with Gasteiger partial charge in [-0.1, -0.05) is 57.0 Å². The summed E-state index contributed by atoms with van der Waals surface area (Å²) in [7, 11) is 0. The fraction of sp³-hybridized carbons (Fsp3) is 0.593. The lowest BCUT2D eigenvalue weighted by Crippen LogP contribution is -2.41. The van der Waals surface area contributed by atoms with Crippen LogP contribution in [0.15, 0.2) is 24.3 Å². The van der Waals surface area contributed by atoms with Crippen LogP contribution < -0.4 is 5.73 Å². The second-order valence-electron chi connectivity index (χ2n) is 9.62. The number of nitrogens with two attached hydrogens (primary N) is 1. The first kappa shape index (κ1) is 27.5. The summed E-state index contributed by atoms with van der Waals surface area (Å²) in [5, 5.41) is 10.4. The molecule has 0 aromatic heterocycles. The van der Waals surface area contributed by atoms with E-state index in [-0.39, 0.29) is 31.4 Å². The first-order valence-corrected chi connectivity index (χ1v) is 12.9. The Kier molecular flexibility index (Phi) is 10.2. The van der Waals surface area contributed by atoms with Crippen molar-refractivity contribution >= 4 is 24.2 Å². The second-order valence-corrected chi connectivity index (χ2v) is 9.62. The lowest BCUT2D eigenvalue weighted by atomic mass is 9.94. The van der Waals surface area contributed by atoms with Crippen molar-refractivity contribution in [3.63, 3.8) is 0 Å². The van der Waals surface area contributed by atoms with E-state index in [0.717, 1.165) is 43.2 Å². The van der Waals surface area contributed by atoms with Crippen molar-refractivity contribution in [1.29, 1.82) is 0 Å². The number of ether oxygens (including phenoxy) is 2. The maximum absolute atomic E-state index is 13.0. The number of nitrogens with zero attached hydrogens (tertiary/aromatic N) is 2. The molecule has 2 aliphatic rings. The summed E-state index contributed by atoms with van der Waals surface area (Å²) in [5.41, 5.74) is 8.29. The Labute approximate surface area is 213 Å². The van der Waals surface area contributed by atoms with Crippen molar-refractivity contribution < 1.29 is 29.0 Å². The molecule has 3 N–H and O–H groups in total. The van der Waals surface area contributed by atoms with Crippen LogP contribution in [0.25, 0.3) is 6.08 Å². The molecule has 2 heterocycles. The first-order valence-electron chi connectivity index (χ1n) is 12.9. The molecule has 0 radical (unpaired) electrons. The average Bonchev–Trinajstić information content (AvgIpc) is 3.23. The maximum atomic E-state index is 13.0. The van der Waals surface area contributed by atoms with Crippen molar-refractivity contribution in [2.24, 2.45) is 11.7 Å². The van der Waals surface area contributed by atoms with Crippen molar-refractivity contribution in [1.82, 2.24) is 9.80 Å². The van der Waals surface area contributed by atoms with E-state index in [2.05, 4.69) is 13.0 Å². The largest absolute Gasteiger partial charge is 0.450 e. The minimum Gasteiger partial charge on any atom is -0.450 e. The SMILES string of the molecule is CCCC[C@H](C)C(=O)N1C[C@H](OC(=O)N2CCc3cccc(/C=C/CCCOC(N)=O)c3C2)C[C@H]1O. The molecule has 0 aliphatic carbocycles. The quantitative estimate of drug-likeness (QED) is 0.470. The highest BCUT2D eigenvalue weighted by molar-refractivity contribution is 5.79. The average molecular weight is 502 g/mol. The molecule has 36 heavy (non-hydrogen) atoms. The van der Waals surface area contributed by atoms with Gasteiger partial charge in [0.05, 0.1) is 13.2 Å². The first-order chi connectivity index (χ1) is 17.3. The smallest absolute Gasteiger partial charge is 0.410 e. The van der Waals surface area contributed by atoms with E-state index in [0.29, 0.717) is 19.5 Å². The van der Waals surface area contributed by atoms with Gasteiger partial charge in [0.25, 0.3) is 0 Å². The van der Waals surface area contributed by atoms with E-state index in [1.54, 1.807) is 4.90 Å². The van der Waals surface area contributed by atoms with Crippen molar-refractivity contribution in [2.75, 3.05) is 19.7 Å². The number of benzene rings is 1. The second kappa shape index (κ2) is 13.3. The zero-order valence-electron chi connectivity index (χ0n) is 21.4. The zero-order chi connectivity index (χ0) is 26.1. The molecular formula is C27H39N3O6. The van der Waals surface area contributed by atoms with Crippen LogP contribution in [-0.4, -0.2) is 65.0 Å². The van der Waals surface area contributed by atoms with E-state index in [9.17, 15) is 19.5 Å². The summed E-state index contributed by atoms with van der Waals surface area (Å²) < 4.78 is 10.5. The topological polar surface area (TPSA) is 122 Å². The predicted molar refractivity (Wildman–Crippen MR) is 136 cm³/mol. The van der Waals surface area contributed by atoms with E-state index in [1.165, 1.54) is 10.5 Å². The van der Waals surface area contributed by atoms with Gasteiger partial charge < -0.3 is 30.1 Å². The Hall–Kier alpha value is -3.07. The van der Waals surface area contributed by atoms with Crippen LogP contribution in [0.2, 0.25) is 0 Å². The Morgan fingerprint density at radius 1 is 1.28 bits per heavy atom. The number of aliphatic hydroxyl groups is 1. The fourth-order valence-electron chi connectivity index (χ4n) is 4.74. The van der Waals surface area contributed by atoms with Crippen molar-refractivity contribution in [3.05, 3.63) is 41.0 Å². The monoisotopic (exact) mass is 501 g/mol. The Morgan fingerprint density at radius 2 is 2.08 bits per heavy atom. The molecule has 0 saturated carbocycles. The fourth-order valence-corrected chi connectivity index (χ4v) is 4.74. The maximum Gasteiger partial charge on any atom is 0.410 e. The molecule has 0 unspecified atom stereocenters. The minimum atomic E-state index is -0.924. The van der Waals surface area contributed by atoms with Gasteiger partial charge in [0, 0.05) is 25.4 Å². The third-order valence-electron chi connectivity index (χ3n) is 6.82. The number of aliphatic hydroxyl groups excluding tert-OH is 1. The van der Waals surface area contributed by atoms with Gasteiger partial charge in [-0.05, 0) is 42.4 Å². The molecule has 2 aliphatic heterocycles. The number of hydrogen-bond donors (Lipinski definition) is 2. The van der Waals surface area contributed by atoms with E-state index in [1.807, 2.05) is 31.2 Å². The molecule has 3 atom stereocenters. The Morgan fingerprint density at radius 3 is 2.83 bits per heavy atom. The molecule has 9 heteroatoms. The molecule has 1 saturated heterocycles. The van der Waals surface area contributed by atoms with Gasteiger partial charge in [-0.3, -0.25) is 4.79 Å². The van der Waals surface area contributed by atoms with Crippen LogP contribution in [0.3, 0.4) is 0 Å². The molecule has 0 bridgehead atoms. The molecule has 1 aromatic rings. The van der Waals surface area contributed by atoms with E-state index >= 15 is 0 Å². The standard InChI is InChI=1S/C27H39N3O6/c1-3-4-9-19(2)25(32)30-17-22(16-24(30)31)36-27(34)29-14-13-21-12-8-11-20(23(21)18-29)10-6-5-7-15-35-26(28)33/h6,8,10-12,19,22,24,31H,3-5,7,9,13-18H2,1-2H3,(H2,28,33)/b10-6+/t19-,22+,24+/m0/s1. The van der Waals surface area contributed by atoms with Gasteiger partial charge in [0.15, 0.2) is 0 Å². The number of amides is 3. The summed E-state index contributed by atoms with van der Waals surface area (Å²) in [4.78, 5) is 39.5. The number of carbonyl (C=O) groups is 3. The summed E-state index contributed by atoms with van der Waals surface area (Å²) in [6.45, 7) is 5.46. The molecule has 198 valence electrons. The van der Waals surface area contributed by atoms with Crippen LogP contribution in [0.1, 0.15) is 69.1 Å². The summed E-state index contributed by atoms with van der Waals surface area (Å²) in [6.07, 6.45) is 6.55. The van der Waals surface area contributed by atoms with E-state index in [4.69, 9.17) is 15.2 Å². The van der Waals surface area contributed by atoms with Gasteiger partial charge in [-0.2, -0.15) is 0 Å². The van der Waals surface area contributed by atoms with Crippen LogP contribution in [0.4, 0.5) is 9.59 Å². The van der Waals surface area contributed by atoms with Crippen LogP contribution in [0.5, 0.6) is 0 Å². The van der Waals surface area contributed by atoms with Crippen LogP contribution in [-0.2, 0) is 27.2 Å². The number of rotatable bonds is 10. The molecule has 1 aromatic carbocycles. The van der Waals surface area contributed by atoms with Gasteiger partial charge in [-0.25, -0.2) is 9.59 Å². The summed E-state index contributed by atoms with van der Waals surface area (Å²) in [6, 6.07) is 6.10. The van der Waals surface area contributed by atoms with Gasteiger partial charge in [0.2, 0.25) is 5.91 Å². The number of unbranched alkanes of at least 4 members (excludes halogenated alkanes) is 2. The highest BCUT2D eigenvalue weighted by Crippen LogP contribution is 2.27. The van der Waals surface area contributed by atoms with Crippen molar-refractivity contribution in [2.45, 2.75) is 77.7 Å². The van der Waals surface area contributed by atoms with Gasteiger partial charge in [-0.15, -0.1) is 0 Å². The van der Waals surface area contributed by atoms with Crippen molar-refractivity contribution in [3.8, 4) is 0 Å². The van der Waals surface area contributed by atoms with Crippen LogP contribution in [0, 0.1) is 5.92 Å².